The summed E-state index contributed by atoms with van der Waals surface area (Å²) in [7, 11) is 0. The molecule has 5 nitrogen and oxygen atoms in total. The molecule has 0 radical (unpaired) electrons. The Hall–Kier alpha value is -1.62. The number of nitrogens with zero attached hydrogens (tertiary/aromatic N) is 1. The van der Waals surface area contributed by atoms with Gasteiger partial charge in [-0.25, -0.2) is 4.98 Å². The van der Waals surface area contributed by atoms with Gasteiger partial charge in [-0.15, -0.1) is 0 Å². The maximum Gasteiger partial charge on any atom is 0.234 e. The fourth-order valence-electron chi connectivity index (χ4n) is 1.63. The van der Waals surface area contributed by atoms with Crippen LogP contribution in [0.3, 0.4) is 0 Å². The zero-order valence-corrected chi connectivity index (χ0v) is 12.8. The van der Waals surface area contributed by atoms with Crippen LogP contribution in [0.2, 0.25) is 0 Å². The molecule has 2 N–H and O–H groups in total. The Morgan fingerprint density at radius 1 is 1.40 bits per heavy atom. The zero-order chi connectivity index (χ0) is 15.0. The van der Waals surface area contributed by atoms with E-state index in [1.807, 2.05) is 39.8 Å². The molecule has 1 atom stereocenters. The van der Waals surface area contributed by atoms with E-state index in [9.17, 15) is 4.79 Å². The predicted molar refractivity (Wildman–Crippen MR) is 79.6 cm³/mol. The van der Waals surface area contributed by atoms with E-state index in [-0.39, 0.29) is 18.1 Å². The summed E-state index contributed by atoms with van der Waals surface area (Å²) in [6, 6.07) is 4.02. The molecule has 20 heavy (non-hydrogen) atoms. The van der Waals surface area contributed by atoms with Crippen molar-refractivity contribution in [2.75, 3.05) is 6.54 Å². The minimum atomic E-state index is 0.00886. The highest BCUT2D eigenvalue weighted by atomic mass is 16.5. The number of ether oxygens (including phenoxy) is 1. The van der Waals surface area contributed by atoms with Crippen LogP contribution >= 0.6 is 0 Å². The minimum absolute atomic E-state index is 0.00886. The summed E-state index contributed by atoms with van der Waals surface area (Å²) in [5.41, 5.74) is 0.956. The molecule has 0 aliphatic carbocycles. The summed E-state index contributed by atoms with van der Waals surface area (Å²) >= 11 is 0. The largest absolute Gasteiger partial charge is 0.475 e. The van der Waals surface area contributed by atoms with Crippen LogP contribution in [-0.2, 0) is 11.3 Å². The Bertz CT molecular complexity index is 421. The van der Waals surface area contributed by atoms with Crippen molar-refractivity contribution in [2.24, 2.45) is 0 Å². The topological polar surface area (TPSA) is 63.2 Å². The number of pyridine rings is 1. The summed E-state index contributed by atoms with van der Waals surface area (Å²) in [5.74, 6) is 0.631. The number of carbonyl (C=O) groups excluding carboxylic acids is 1. The van der Waals surface area contributed by atoms with E-state index in [1.54, 1.807) is 6.20 Å². The Balaban J connectivity index is 2.44. The predicted octanol–water partition coefficient (Wildman–Crippen LogP) is 1.87. The van der Waals surface area contributed by atoms with Crippen molar-refractivity contribution >= 4 is 5.91 Å². The fourth-order valence-corrected chi connectivity index (χ4v) is 1.63. The second kappa shape index (κ2) is 8.53. The van der Waals surface area contributed by atoms with Crippen molar-refractivity contribution in [1.82, 2.24) is 15.6 Å². The van der Waals surface area contributed by atoms with E-state index in [0.29, 0.717) is 19.0 Å². The number of hydrogen-bond donors (Lipinski definition) is 2. The van der Waals surface area contributed by atoms with Crippen molar-refractivity contribution in [3.63, 3.8) is 0 Å². The van der Waals surface area contributed by atoms with Crippen LogP contribution in [0, 0.1) is 0 Å². The van der Waals surface area contributed by atoms with E-state index in [0.717, 1.165) is 12.0 Å². The first kappa shape index (κ1) is 16.4. The number of carbonyl (C=O) groups is 1. The molecular weight excluding hydrogens is 254 g/mol. The molecule has 1 heterocycles. The number of nitrogens with one attached hydrogen (secondary N) is 2. The lowest BCUT2D eigenvalue weighted by Crippen LogP contribution is -2.38. The van der Waals surface area contributed by atoms with Gasteiger partial charge in [0.25, 0.3) is 0 Å². The van der Waals surface area contributed by atoms with Gasteiger partial charge in [0.2, 0.25) is 11.8 Å². The lowest BCUT2D eigenvalue weighted by Gasteiger charge is -2.14. The third kappa shape index (κ3) is 6.02. The molecule has 0 aliphatic rings. The molecule has 1 amide bonds. The second-order valence-corrected chi connectivity index (χ2v) is 5.11. The SMILES string of the molecule is CCC(C)NC(=O)CNCc1cccnc1OC(C)C. The van der Waals surface area contributed by atoms with Crippen LogP contribution in [-0.4, -0.2) is 29.6 Å². The van der Waals surface area contributed by atoms with E-state index in [4.69, 9.17) is 4.74 Å². The van der Waals surface area contributed by atoms with Gasteiger partial charge in [-0.2, -0.15) is 0 Å². The summed E-state index contributed by atoms with van der Waals surface area (Å²) in [5, 5.41) is 6.03. The van der Waals surface area contributed by atoms with Crippen molar-refractivity contribution in [1.29, 1.82) is 0 Å². The van der Waals surface area contributed by atoms with E-state index in [1.165, 1.54) is 0 Å². The van der Waals surface area contributed by atoms with Crippen LogP contribution < -0.4 is 15.4 Å². The third-order valence-corrected chi connectivity index (χ3v) is 2.82. The molecule has 0 fully saturated rings. The quantitative estimate of drug-likeness (QED) is 0.762. The average molecular weight is 279 g/mol. The van der Waals surface area contributed by atoms with E-state index >= 15 is 0 Å². The van der Waals surface area contributed by atoms with Crippen molar-refractivity contribution in [3.05, 3.63) is 23.9 Å². The standard InChI is InChI=1S/C15H25N3O2/c1-5-12(4)18-14(19)10-16-9-13-7-6-8-17-15(13)20-11(2)3/h6-8,11-12,16H,5,9-10H2,1-4H3,(H,18,19). The average Bonchev–Trinajstić information content (AvgIpc) is 2.40. The summed E-state index contributed by atoms with van der Waals surface area (Å²) in [6.07, 6.45) is 2.72. The molecule has 1 rings (SSSR count). The van der Waals surface area contributed by atoms with Gasteiger partial charge in [0.1, 0.15) is 0 Å². The lowest BCUT2D eigenvalue weighted by molar-refractivity contribution is -0.120. The van der Waals surface area contributed by atoms with Gasteiger partial charge in [0.15, 0.2) is 0 Å². The van der Waals surface area contributed by atoms with E-state index in [2.05, 4.69) is 15.6 Å². The van der Waals surface area contributed by atoms with Gasteiger partial charge >= 0.3 is 0 Å². The zero-order valence-electron chi connectivity index (χ0n) is 12.8. The normalized spacial score (nSPS) is 12.2. The fraction of sp³-hybridized carbons (Fsp3) is 0.600. The molecule has 1 unspecified atom stereocenters. The monoisotopic (exact) mass is 279 g/mol. The molecule has 0 aromatic carbocycles. The van der Waals surface area contributed by atoms with Gasteiger partial charge in [-0.1, -0.05) is 13.0 Å². The van der Waals surface area contributed by atoms with Crippen molar-refractivity contribution in [2.45, 2.75) is 52.8 Å². The molecule has 0 bridgehead atoms. The molecular formula is C15H25N3O2. The highest BCUT2D eigenvalue weighted by Crippen LogP contribution is 2.15. The van der Waals surface area contributed by atoms with Gasteiger partial charge in [0.05, 0.1) is 12.6 Å². The maximum absolute atomic E-state index is 11.6. The number of amides is 1. The van der Waals surface area contributed by atoms with Crippen LogP contribution in [0.25, 0.3) is 0 Å². The Morgan fingerprint density at radius 3 is 2.80 bits per heavy atom. The molecule has 5 heteroatoms. The lowest BCUT2D eigenvalue weighted by atomic mass is 10.2. The van der Waals surface area contributed by atoms with Gasteiger partial charge < -0.3 is 15.4 Å². The molecule has 0 spiro atoms. The first-order chi connectivity index (χ1) is 9.52. The van der Waals surface area contributed by atoms with Crippen LogP contribution in [0.4, 0.5) is 0 Å². The van der Waals surface area contributed by atoms with Crippen molar-refractivity contribution in [3.8, 4) is 5.88 Å². The first-order valence-corrected chi connectivity index (χ1v) is 7.13. The Labute approximate surface area is 121 Å². The summed E-state index contributed by atoms with van der Waals surface area (Å²) in [6.45, 7) is 8.82. The van der Waals surface area contributed by atoms with Crippen LogP contribution in [0.1, 0.15) is 39.7 Å². The highest BCUT2D eigenvalue weighted by Gasteiger charge is 2.08. The van der Waals surface area contributed by atoms with Gasteiger partial charge in [-0.3, -0.25) is 4.79 Å². The molecule has 1 aromatic heterocycles. The first-order valence-electron chi connectivity index (χ1n) is 7.13. The third-order valence-electron chi connectivity index (χ3n) is 2.82. The molecule has 1 aromatic rings. The van der Waals surface area contributed by atoms with Crippen LogP contribution in [0.5, 0.6) is 5.88 Å². The molecule has 0 saturated heterocycles. The molecule has 0 aliphatic heterocycles. The molecule has 112 valence electrons. The Kier molecular flexibility index (Phi) is 7.01. The minimum Gasteiger partial charge on any atom is -0.475 e. The molecule has 0 saturated carbocycles. The second-order valence-electron chi connectivity index (χ2n) is 5.11. The van der Waals surface area contributed by atoms with Crippen molar-refractivity contribution < 1.29 is 9.53 Å². The summed E-state index contributed by atoms with van der Waals surface area (Å²) in [4.78, 5) is 15.9. The van der Waals surface area contributed by atoms with Gasteiger partial charge in [-0.05, 0) is 33.3 Å². The smallest absolute Gasteiger partial charge is 0.234 e. The Morgan fingerprint density at radius 2 is 2.15 bits per heavy atom. The number of rotatable bonds is 8. The number of hydrogen-bond acceptors (Lipinski definition) is 4. The van der Waals surface area contributed by atoms with Crippen LogP contribution in [0.15, 0.2) is 18.3 Å². The maximum atomic E-state index is 11.6. The summed E-state index contributed by atoms with van der Waals surface area (Å²) < 4.78 is 5.63. The van der Waals surface area contributed by atoms with E-state index < -0.39 is 0 Å². The number of aromatic nitrogens is 1. The highest BCUT2D eigenvalue weighted by molar-refractivity contribution is 5.78. The van der Waals surface area contributed by atoms with Gasteiger partial charge in [0, 0.05) is 24.3 Å².